The van der Waals surface area contributed by atoms with Crippen molar-refractivity contribution < 1.29 is 4.79 Å². The molecular weight excluding hydrogens is 376 g/mol. The lowest BCUT2D eigenvalue weighted by Crippen LogP contribution is -2.42. The number of imidazole rings is 1. The van der Waals surface area contributed by atoms with Crippen molar-refractivity contribution in [3.63, 3.8) is 0 Å². The molecular formula is C23H24N6O. The van der Waals surface area contributed by atoms with Crippen LogP contribution in [0.4, 0.5) is 5.82 Å². The van der Waals surface area contributed by atoms with E-state index in [-0.39, 0.29) is 0 Å². The highest BCUT2D eigenvalue weighted by Gasteiger charge is 2.39. The summed E-state index contributed by atoms with van der Waals surface area (Å²) >= 11 is 0. The minimum Gasteiger partial charge on any atom is -0.384 e. The van der Waals surface area contributed by atoms with E-state index in [1.54, 1.807) is 0 Å². The summed E-state index contributed by atoms with van der Waals surface area (Å²) in [5.74, 6) is 1.72. The largest absolute Gasteiger partial charge is 0.384 e. The Morgan fingerprint density at radius 2 is 1.90 bits per heavy atom. The Hall–Kier alpha value is -3.19. The van der Waals surface area contributed by atoms with Crippen molar-refractivity contribution in [2.75, 3.05) is 5.73 Å². The maximum Gasteiger partial charge on any atom is 0.160 e. The van der Waals surface area contributed by atoms with Crippen molar-refractivity contribution in [3.05, 3.63) is 41.7 Å². The maximum absolute atomic E-state index is 11.9. The third kappa shape index (κ3) is 2.81. The quantitative estimate of drug-likeness (QED) is 0.487. The number of carbonyl (C=O) groups excluding carboxylic acids is 1. The van der Waals surface area contributed by atoms with Crippen molar-refractivity contribution in [2.24, 2.45) is 0 Å². The van der Waals surface area contributed by atoms with E-state index in [4.69, 9.17) is 5.73 Å². The Morgan fingerprint density at radius 1 is 1.10 bits per heavy atom. The smallest absolute Gasteiger partial charge is 0.160 e. The van der Waals surface area contributed by atoms with Crippen molar-refractivity contribution >= 4 is 33.7 Å². The Kier molecular flexibility index (Phi) is 3.77. The molecule has 2 fully saturated rings. The first-order valence-electron chi connectivity index (χ1n) is 10.6. The summed E-state index contributed by atoms with van der Waals surface area (Å²) in [6.45, 7) is 2.82. The average molecular weight is 400 g/mol. The zero-order valence-electron chi connectivity index (χ0n) is 16.9. The number of rotatable bonds is 3. The maximum atomic E-state index is 11.9. The second-order valence-corrected chi connectivity index (χ2v) is 8.72. The lowest BCUT2D eigenvalue weighted by atomic mass is 10.0. The summed E-state index contributed by atoms with van der Waals surface area (Å²) in [6, 6.07) is 11.5. The number of ketones is 1. The molecule has 2 saturated heterocycles. The number of hydrogen-bond acceptors (Lipinski definition) is 5. The summed E-state index contributed by atoms with van der Waals surface area (Å²) in [5.41, 5.74) is 11.9. The van der Waals surface area contributed by atoms with Crippen LogP contribution in [0.15, 0.2) is 30.3 Å². The molecule has 0 amide bonds. The monoisotopic (exact) mass is 400 g/mol. The molecule has 7 heteroatoms. The number of carbonyl (C=O) groups is 1. The predicted molar refractivity (Wildman–Crippen MR) is 117 cm³/mol. The van der Waals surface area contributed by atoms with E-state index in [0.29, 0.717) is 29.3 Å². The number of aryl methyl sites for hydroxylation is 1. The third-order valence-corrected chi connectivity index (χ3v) is 6.63. The average Bonchev–Trinajstić information content (AvgIpc) is 3.35. The Balaban J connectivity index is 1.35. The van der Waals surface area contributed by atoms with Crippen LogP contribution in [-0.2, 0) is 11.3 Å². The van der Waals surface area contributed by atoms with E-state index >= 15 is 0 Å². The molecule has 7 nitrogen and oxygen atoms in total. The van der Waals surface area contributed by atoms with Crippen LogP contribution >= 0.6 is 0 Å². The lowest BCUT2D eigenvalue weighted by Gasteiger charge is -2.33. The number of nitrogen functional groups attached to an aromatic ring is 1. The number of hydrogen-bond donors (Lipinski definition) is 3. The molecule has 5 heterocycles. The van der Waals surface area contributed by atoms with Crippen LogP contribution in [0.3, 0.4) is 0 Å². The van der Waals surface area contributed by atoms with Crippen molar-refractivity contribution in [2.45, 2.75) is 51.2 Å². The summed E-state index contributed by atoms with van der Waals surface area (Å²) in [5, 5.41) is 1.17. The number of anilines is 1. The first-order chi connectivity index (χ1) is 14.5. The van der Waals surface area contributed by atoms with Crippen molar-refractivity contribution in [3.8, 4) is 11.3 Å². The molecule has 2 atom stereocenters. The van der Waals surface area contributed by atoms with Gasteiger partial charge in [0, 0.05) is 53.6 Å². The van der Waals surface area contributed by atoms with Gasteiger partial charge in [-0.1, -0.05) is 6.07 Å². The normalized spacial score (nSPS) is 21.8. The number of aromatic nitrogens is 4. The third-order valence-electron chi connectivity index (χ3n) is 6.63. The summed E-state index contributed by atoms with van der Waals surface area (Å²) in [7, 11) is 0. The Morgan fingerprint density at radius 3 is 2.70 bits per heavy atom. The van der Waals surface area contributed by atoms with Gasteiger partial charge < -0.3 is 15.7 Å². The number of H-pyrrole nitrogens is 2. The fourth-order valence-electron chi connectivity index (χ4n) is 5.29. The van der Waals surface area contributed by atoms with Gasteiger partial charge in [-0.2, -0.15) is 0 Å². The van der Waals surface area contributed by atoms with Gasteiger partial charge in [-0.25, -0.2) is 9.97 Å². The number of benzene rings is 1. The topological polar surface area (TPSA) is 104 Å². The van der Waals surface area contributed by atoms with Crippen LogP contribution in [0.2, 0.25) is 0 Å². The van der Waals surface area contributed by atoms with Gasteiger partial charge in [-0.3, -0.25) is 9.69 Å². The van der Waals surface area contributed by atoms with Crippen LogP contribution in [0.1, 0.15) is 37.1 Å². The molecule has 1 aromatic carbocycles. The van der Waals surface area contributed by atoms with Gasteiger partial charge in [0.15, 0.2) is 5.65 Å². The van der Waals surface area contributed by atoms with Gasteiger partial charge in [0.05, 0.1) is 0 Å². The van der Waals surface area contributed by atoms with Crippen LogP contribution in [0.25, 0.3) is 33.3 Å². The minimum atomic E-state index is 0.421. The van der Waals surface area contributed by atoms with E-state index < -0.39 is 0 Å². The molecule has 3 aromatic heterocycles. The number of pyridine rings is 1. The molecule has 0 spiro atoms. The molecule has 2 unspecified atom stereocenters. The number of Topliss-reactive ketones (excluding diaryl/α,β-unsaturated/α-hetero) is 1. The van der Waals surface area contributed by atoms with E-state index in [0.717, 1.165) is 60.3 Å². The molecule has 0 saturated carbocycles. The molecule has 2 aliphatic rings. The SMILES string of the molecule is Cc1nc2c(-c3cc4cc(CN5C6CCC5CC(=O)C6)ccc4[nH]3)cc(N)nc2[nH]1. The van der Waals surface area contributed by atoms with Crippen LogP contribution < -0.4 is 5.73 Å². The molecule has 4 aromatic rings. The first kappa shape index (κ1) is 17.7. The molecule has 6 rings (SSSR count). The van der Waals surface area contributed by atoms with Gasteiger partial charge in [0.2, 0.25) is 0 Å². The fourth-order valence-corrected chi connectivity index (χ4v) is 5.29. The Bertz CT molecular complexity index is 1290. The second-order valence-electron chi connectivity index (χ2n) is 8.72. The summed E-state index contributed by atoms with van der Waals surface area (Å²) in [6.07, 6.45) is 3.73. The van der Waals surface area contributed by atoms with E-state index in [1.807, 2.05) is 13.0 Å². The zero-order chi connectivity index (χ0) is 20.4. The van der Waals surface area contributed by atoms with Crippen LogP contribution in [0, 0.1) is 6.92 Å². The number of piperidine rings is 1. The lowest BCUT2D eigenvalue weighted by molar-refractivity contribution is -0.123. The number of fused-ring (bicyclic) bond motifs is 4. The van der Waals surface area contributed by atoms with Gasteiger partial charge >= 0.3 is 0 Å². The van der Waals surface area contributed by atoms with Crippen LogP contribution in [0.5, 0.6) is 0 Å². The number of nitrogens with one attached hydrogen (secondary N) is 2. The highest BCUT2D eigenvalue weighted by molar-refractivity contribution is 5.95. The van der Waals surface area contributed by atoms with E-state index in [9.17, 15) is 4.79 Å². The first-order valence-corrected chi connectivity index (χ1v) is 10.6. The molecule has 2 bridgehead atoms. The summed E-state index contributed by atoms with van der Waals surface area (Å²) < 4.78 is 0. The standard InChI is InChI=1S/C23H24N6O/c1-12-25-22-18(10-21(24)28-23(22)26-12)20-7-14-6-13(2-5-19(14)27-20)11-29-15-3-4-16(29)9-17(30)8-15/h2,5-7,10,15-16,27H,3-4,8-9,11H2,1H3,(H3,24,25,26,28). The summed E-state index contributed by atoms with van der Waals surface area (Å²) in [4.78, 5) is 30.1. The number of aromatic amines is 2. The predicted octanol–water partition coefficient (Wildman–Crippen LogP) is 3.69. The number of nitrogens with two attached hydrogens (primary N) is 1. The van der Waals surface area contributed by atoms with Gasteiger partial charge in [-0.15, -0.1) is 0 Å². The van der Waals surface area contributed by atoms with Gasteiger partial charge in [0.1, 0.15) is 22.9 Å². The Labute approximate surface area is 173 Å². The minimum absolute atomic E-state index is 0.421. The van der Waals surface area contributed by atoms with Crippen LogP contribution in [-0.4, -0.2) is 42.7 Å². The molecule has 2 aliphatic heterocycles. The van der Waals surface area contributed by atoms with Gasteiger partial charge in [-0.05, 0) is 49.6 Å². The fraction of sp³-hybridized carbons (Fsp3) is 0.348. The van der Waals surface area contributed by atoms with E-state index in [1.165, 1.54) is 10.9 Å². The zero-order valence-corrected chi connectivity index (χ0v) is 16.9. The second kappa shape index (κ2) is 6.40. The molecule has 4 N–H and O–H groups in total. The van der Waals surface area contributed by atoms with Crippen molar-refractivity contribution in [1.29, 1.82) is 0 Å². The van der Waals surface area contributed by atoms with E-state index in [2.05, 4.69) is 49.1 Å². The molecule has 30 heavy (non-hydrogen) atoms. The number of nitrogens with zero attached hydrogens (tertiary/aromatic N) is 3. The highest BCUT2D eigenvalue weighted by atomic mass is 16.1. The molecule has 0 aliphatic carbocycles. The molecule has 0 radical (unpaired) electrons. The van der Waals surface area contributed by atoms with Crippen molar-refractivity contribution in [1.82, 2.24) is 24.8 Å². The molecule has 152 valence electrons. The highest BCUT2D eigenvalue weighted by Crippen LogP contribution is 2.36. The van der Waals surface area contributed by atoms with Gasteiger partial charge in [0.25, 0.3) is 0 Å².